The van der Waals surface area contributed by atoms with E-state index in [4.69, 9.17) is 5.26 Å². The number of sulfonamides is 3. The smallest absolute Gasteiger partial charge is 0.251 e. The molecule has 3 heterocycles. The Balaban J connectivity index is 0.000000157. The summed E-state index contributed by atoms with van der Waals surface area (Å²) >= 11 is 0. The number of carbonyl (C=O) groups excluding carboxylic acids is 2. The number of hydrogen-bond acceptors (Lipinski definition) is 12. The second kappa shape index (κ2) is 29.8. The molecule has 0 aliphatic carbocycles. The monoisotopic (exact) mass is 1330 g/mol. The quantitative estimate of drug-likeness (QED) is 0.0398. The Morgan fingerprint density at radius 2 is 0.781 bits per heavy atom. The highest BCUT2D eigenvalue weighted by Gasteiger charge is 2.21. The molecule has 0 saturated heterocycles. The van der Waals surface area contributed by atoms with Crippen molar-refractivity contribution in [3.05, 3.63) is 245 Å². The van der Waals surface area contributed by atoms with Gasteiger partial charge in [-0.05, 0) is 178 Å². The molecule has 9 aromatic carbocycles. The highest BCUT2D eigenvalue weighted by Crippen LogP contribution is 2.33. The Bertz CT molecular complexity index is 5340. The fraction of sp³-hybridized carbons (Fsp3) is 0.0959. The molecule has 12 aromatic rings. The molecular weight excluding hydrogens is 1270 g/mol. The van der Waals surface area contributed by atoms with Crippen molar-refractivity contribution in [1.29, 1.82) is 5.26 Å². The van der Waals surface area contributed by atoms with E-state index in [1.807, 2.05) is 172 Å². The van der Waals surface area contributed by atoms with Crippen molar-refractivity contribution in [2.24, 2.45) is 0 Å². The second-order valence-corrected chi connectivity index (χ2v) is 27.5. The number of imidazole rings is 3. The maximum Gasteiger partial charge on any atom is 0.251 e. The molecule has 3 aromatic heterocycles. The van der Waals surface area contributed by atoms with E-state index < -0.39 is 30.1 Å². The lowest BCUT2D eigenvalue weighted by atomic mass is 10.1. The molecule has 0 radical (unpaired) electrons. The Hall–Kier alpha value is -11.2. The minimum Gasteiger partial charge on any atom is -0.350 e. The fourth-order valence-corrected chi connectivity index (χ4v) is 13.0. The first-order chi connectivity index (χ1) is 46.1. The van der Waals surface area contributed by atoms with Gasteiger partial charge in [0.25, 0.3) is 5.91 Å². The molecule has 0 spiro atoms. The molecule has 0 aliphatic heterocycles. The summed E-state index contributed by atoms with van der Waals surface area (Å²) in [5.74, 6) is 1.83. The number of fused-ring (bicyclic) bond motifs is 3. The summed E-state index contributed by atoms with van der Waals surface area (Å²) in [5, 5.41) is 14.5. The minimum atomic E-state index is -3.59. The molecule has 8 N–H and O–H groups in total. The zero-order valence-electron chi connectivity index (χ0n) is 52.9. The van der Waals surface area contributed by atoms with Crippen molar-refractivity contribution < 1.29 is 34.8 Å². The van der Waals surface area contributed by atoms with Gasteiger partial charge in [-0.25, -0.2) is 54.4 Å². The minimum absolute atomic E-state index is 0.0851. The molecular formula is C73H66N12O8S3. The zero-order chi connectivity index (χ0) is 68.2. The molecule has 2 amide bonds. The fourth-order valence-electron chi connectivity index (χ4n) is 10.1. The number of rotatable bonds is 18. The number of aromatic nitrogens is 6. The highest BCUT2D eigenvalue weighted by atomic mass is 32.2. The van der Waals surface area contributed by atoms with Crippen molar-refractivity contribution in [3.8, 4) is 39.4 Å². The van der Waals surface area contributed by atoms with Crippen LogP contribution in [0.25, 0.3) is 103 Å². The Labute approximate surface area is 556 Å². The van der Waals surface area contributed by atoms with E-state index in [0.29, 0.717) is 45.3 Å². The van der Waals surface area contributed by atoms with E-state index in [2.05, 4.69) is 60.8 Å². The lowest BCUT2D eigenvalue weighted by Gasteiger charge is -2.09. The van der Waals surface area contributed by atoms with Gasteiger partial charge in [0.1, 0.15) is 17.5 Å². The number of hydrogen-bond donors (Lipinski definition) is 8. The maximum atomic E-state index is 12.4. The molecule has 20 nitrogen and oxygen atoms in total. The van der Waals surface area contributed by atoms with Crippen LogP contribution in [0.1, 0.15) is 70.9 Å². The average molecular weight is 1340 g/mol. The number of benzene rings is 9. The standard InChI is InChI=1S/C26H26N4O3S.C24H22N4O3S.C23H18N4O2S/c1-17(2)28-26(31)19-11-8-18(9-12-19)10-15-25-29-22-14-13-20(16-23(22)30-25)21-6-4-5-7-24(21)34(32,33)27-3;1-16(29)26-19-11-7-17(8-12-19)9-14-24-27-21-13-10-18(15-22(21)28-24)20-5-3-4-6-23(20)32(30,31)25-2;1-25-30(28,29)22-5-3-2-4-19(22)18-11-12-20-21(14-18)27-23(26-20)13-10-16-6-8-17(15-24)9-7-16/h4-17,27H,1-3H3,(H,28,31)(H,29,30);3-15,25H,1-2H3,(H,26,29)(H,27,28);2-14,25H,1H3,(H,26,27)/b15-10+;14-9+;13-10+. The number of nitriles is 1. The van der Waals surface area contributed by atoms with Crippen molar-refractivity contribution in [2.75, 3.05) is 26.5 Å². The van der Waals surface area contributed by atoms with Crippen LogP contribution in [-0.4, -0.2) is 94.2 Å². The lowest BCUT2D eigenvalue weighted by molar-refractivity contribution is -0.114. The van der Waals surface area contributed by atoms with Gasteiger partial charge in [-0.3, -0.25) is 9.59 Å². The third-order valence-electron chi connectivity index (χ3n) is 14.9. The number of H-pyrrole nitrogens is 3. The third-order valence-corrected chi connectivity index (χ3v) is 19.4. The topological polar surface area (TPSA) is 307 Å². The van der Waals surface area contributed by atoms with E-state index in [9.17, 15) is 34.8 Å². The summed E-state index contributed by atoms with van der Waals surface area (Å²) < 4.78 is 81.5. The van der Waals surface area contributed by atoms with Gasteiger partial charge in [0.15, 0.2) is 0 Å². The van der Waals surface area contributed by atoms with Gasteiger partial charge in [-0.15, -0.1) is 0 Å². The zero-order valence-corrected chi connectivity index (χ0v) is 55.3. The molecule has 96 heavy (non-hydrogen) atoms. The van der Waals surface area contributed by atoms with Crippen LogP contribution < -0.4 is 24.8 Å². The van der Waals surface area contributed by atoms with Gasteiger partial charge in [0.2, 0.25) is 36.0 Å². The summed E-state index contributed by atoms with van der Waals surface area (Å²) in [6, 6.07) is 61.8. The predicted octanol–water partition coefficient (Wildman–Crippen LogP) is 12.9. The van der Waals surface area contributed by atoms with Crippen LogP contribution in [0.5, 0.6) is 0 Å². The molecule has 0 bridgehead atoms. The number of anilines is 1. The van der Waals surface area contributed by atoms with Gasteiger partial charge >= 0.3 is 0 Å². The lowest BCUT2D eigenvalue weighted by Crippen LogP contribution is -2.29. The van der Waals surface area contributed by atoms with Crippen LogP contribution in [0.15, 0.2) is 215 Å². The Morgan fingerprint density at radius 1 is 0.448 bits per heavy atom. The molecule has 23 heteroatoms. The van der Waals surface area contributed by atoms with Gasteiger partial charge in [-0.1, -0.05) is 127 Å². The first kappa shape index (κ1) is 67.7. The largest absolute Gasteiger partial charge is 0.350 e. The van der Waals surface area contributed by atoms with Crippen LogP contribution in [0.4, 0.5) is 5.69 Å². The van der Waals surface area contributed by atoms with E-state index in [1.54, 1.807) is 78.9 Å². The molecule has 0 aliphatic rings. The van der Waals surface area contributed by atoms with E-state index in [0.717, 1.165) is 72.2 Å². The number of nitrogens with zero attached hydrogens (tertiary/aromatic N) is 4. The summed E-state index contributed by atoms with van der Waals surface area (Å²) in [6.07, 6.45) is 11.3. The molecule has 484 valence electrons. The van der Waals surface area contributed by atoms with Crippen molar-refractivity contribution >= 4 is 117 Å². The van der Waals surface area contributed by atoms with Crippen LogP contribution in [0, 0.1) is 11.3 Å². The SMILES string of the molecule is CNS(=O)(=O)c1ccccc1-c1ccc2nc(/C=C/c3ccc(C#N)cc3)[nH]c2c1.CNS(=O)(=O)c1ccccc1-c1ccc2nc(/C=C/c3ccc(C(=O)NC(C)C)cc3)[nH]c2c1.CNS(=O)(=O)c1ccccc1-c1ccc2nc(/C=C/c3ccc(NC(C)=O)cc3)[nH]c2c1. The van der Waals surface area contributed by atoms with Crippen LogP contribution in [0.3, 0.4) is 0 Å². The van der Waals surface area contributed by atoms with E-state index >= 15 is 0 Å². The predicted molar refractivity (Wildman–Crippen MR) is 381 cm³/mol. The van der Waals surface area contributed by atoms with Crippen molar-refractivity contribution in [1.82, 2.24) is 49.4 Å². The summed E-state index contributed by atoms with van der Waals surface area (Å²) in [5.41, 5.74) is 13.8. The van der Waals surface area contributed by atoms with Crippen LogP contribution >= 0.6 is 0 Å². The van der Waals surface area contributed by atoms with Gasteiger partial charge < -0.3 is 25.6 Å². The Kier molecular flexibility index (Phi) is 21.0. The van der Waals surface area contributed by atoms with Gasteiger partial charge in [0, 0.05) is 40.9 Å². The van der Waals surface area contributed by atoms with Crippen LogP contribution in [-0.2, 0) is 34.9 Å². The molecule has 0 atom stereocenters. The number of aromatic amines is 3. The average Bonchev–Trinajstić information content (AvgIpc) is 1.41. The van der Waals surface area contributed by atoms with E-state index in [1.165, 1.54) is 28.1 Å². The number of carbonyl (C=O) groups is 2. The second-order valence-electron chi connectivity index (χ2n) is 22.0. The molecule has 0 saturated carbocycles. The summed E-state index contributed by atoms with van der Waals surface area (Å²) in [7, 11) is -6.55. The van der Waals surface area contributed by atoms with E-state index in [-0.39, 0.29) is 32.5 Å². The summed E-state index contributed by atoms with van der Waals surface area (Å²) in [6.45, 7) is 5.32. The highest BCUT2D eigenvalue weighted by molar-refractivity contribution is 7.90. The third kappa shape index (κ3) is 16.6. The van der Waals surface area contributed by atoms with Crippen molar-refractivity contribution in [2.45, 2.75) is 41.5 Å². The van der Waals surface area contributed by atoms with Crippen LogP contribution in [0.2, 0.25) is 0 Å². The van der Waals surface area contributed by atoms with Gasteiger partial charge in [0.05, 0.1) is 59.4 Å². The normalized spacial score (nSPS) is 11.9. The first-order valence-electron chi connectivity index (χ1n) is 30.0. The maximum absolute atomic E-state index is 12.4. The number of amides is 2. The number of nitrogens with one attached hydrogen (secondary N) is 8. The van der Waals surface area contributed by atoms with Gasteiger partial charge in [-0.2, -0.15) is 5.26 Å². The molecule has 0 fully saturated rings. The first-order valence-corrected chi connectivity index (χ1v) is 34.5. The Morgan fingerprint density at radius 3 is 1.10 bits per heavy atom. The molecule has 12 rings (SSSR count). The molecule has 0 unspecified atom stereocenters. The summed E-state index contributed by atoms with van der Waals surface area (Å²) in [4.78, 5) is 47.4. The van der Waals surface area contributed by atoms with Crippen molar-refractivity contribution in [3.63, 3.8) is 0 Å².